The van der Waals surface area contributed by atoms with E-state index in [2.05, 4.69) is 4.98 Å². The Morgan fingerprint density at radius 3 is 3.00 bits per heavy atom. The summed E-state index contributed by atoms with van der Waals surface area (Å²) in [6.07, 6.45) is 3.00. The van der Waals surface area contributed by atoms with Gasteiger partial charge in [0.2, 0.25) is 0 Å². The van der Waals surface area contributed by atoms with Gasteiger partial charge in [-0.25, -0.2) is 9.78 Å². The molecule has 0 radical (unpaired) electrons. The number of rotatable bonds is 3. The zero-order chi connectivity index (χ0) is 13.0. The molecule has 0 unspecified atom stereocenters. The Morgan fingerprint density at radius 2 is 2.22 bits per heavy atom. The Kier molecular flexibility index (Phi) is 3.95. The van der Waals surface area contributed by atoms with Gasteiger partial charge in [-0.1, -0.05) is 17.7 Å². The number of benzene rings is 1. The van der Waals surface area contributed by atoms with Gasteiger partial charge in [-0.05, 0) is 37.3 Å². The van der Waals surface area contributed by atoms with Crippen molar-refractivity contribution in [1.29, 1.82) is 0 Å². The number of pyridine rings is 1. The Morgan fingerprint density at radius 1 is 1.39 bits per heavy atom. The highest BCUT2D eigenvalue weighted by Gasteiger charge is 1.98. The average Bonchev–Trinajstić information content (AvgIpc) is 2.36. The summed E-state index contributed by atoms with van der Waals surface area (Å²) in [6.45, 7) is 2.14. The van der Waals surface area contributed by atoms with E-state index in [1.54, 1.807) is 19.1 Å². The molecule has 2 rings (SSSR count). The summed E-state index contributed by atoms with van der Waals surface area (Å²) in [5, 5.41) is 1.65. The molecule has 0 aliphatic rings. The molecule has 1 heterocycles. The van der Waals surface area contributed by atoms with Crippen molar-refractivity contribution in [3.63, 3.8) is 0 Å². The van der Waals surface area contributed by atoms with Gasteiger partial charge in [0.25, 0.3) is 0 Å². The fraction of sp³-hybridized carbons (Fsp3) is 0.143. The summed E-state index contributed by atoms with van der Waals surface area (Å²) in [5.41, 5.74) is 1.54. The molecule has 0 aliphatic heterocycles. The van der Waals surface area contributed by atoms with Gasteiger partial charge in [0.1, 0.15) is 0 Å². The van der Waals surface area contributed by atoms with E-state index in [1.165, 1.54) is 6.08 Å². The Balaban J connectivity index is 2.25. The lowest BCUT2D eigenvalue weighted by Crippen LogP contribution is -1.98. The third-order valence-electron chi connectivity index (χ3n) is 2.35. The number of hydrogen-bond donors (Lipinski definition) is 0. The van der Waals surface area contributed by atoms with E-state index in [0.29, 0.717) is 17.3 Å². The molecule has 0 atom stereocenters. The SMILES string of the molecule is CCOC(=O)/C=C/c1ccc2cc(Cl)ccc2n1. The van der Waals surface area contributed by atoms with Crippen LogP contribution in [-0.4, -0.2) is 17.6 Å². The van der Waals surface area contributed by atoms with Crippen LogP contribution >= 0.6 is 11.6 Å². The summed E-state index contributed by atoms with van der Waals surface area (Å²) in [6, 6.07) is 9.23. The second kappa shape index (κ2) is 5.65. The van der Waals surface area contributed by atoms with Crippen molar-refractivity contribution >= 4 is 34.5 Å². The zero-order valence-corrected chi connectivity index (χ0v) is 10.6. The van der Waals surface area contributed by atoms with Gasteiger partial charge >= 0.3 is 5.97 Å². The predicted octanol–water partition coefficient (Wildman–Crippen LogP) is 3.46. The Bertz CT molecular complexity index is 608. The van der Waals surface area contributed by atoms with E-state index < -0.39 is 0 Å². The number of carbonyl (C=O) groups excluding carboxylic acids is 1. The molecule has 0 amide bonds. The van der Waals surface area contributed by atoms with E-state index in [4.69, 9.17) is 16.3 Å². The lowest BCUT2D eigenvalue weighted by atomic mass is 10.2. The number of carbonyl (C=O) groups is 1. The van der Waals surface area contributed by atoms with Crippen molar-refractivity contribution in [2.45, 2.75) is 6.92 Å². The van der Waals surface area contributed by atoms with E-state index >= 15 is 0 Å². The number of esters is 1. The van der Waals surface area contributed by atoms with Gasteiger partial charge in [0.05, 0.1) is 17.8 Å². The molecule has 0 saturated carbocycles. The van der Waals surface area contributed by atoms with E-state index in [0.717, 1.165) is 10.9 Å². The summed E-state index contributed by atoms with van der Waals surface area (Å²) in [7, 11) is 0. The molecule has 2 aromatic rings. The van der Waals surface area contributed by atoms with Crippen LogP contribution in [0.1, 0.15) is 12.6 Å². The third-order valence-corrected chi connectivity index (χ3v) is 2.58. The van der Waals surface area contributed by atoms with Gasteiger partial charge in [-0.2, -0.15) is 0 Å². The Labute approximate surface area is 110 Å². The van der Waals surface area contributed by atoms with Crippen LogP contribution in [0.3, 0.4) is 0 Å². The maximum absolute atomic E-state index is 11.2. The molecule has 1 aromatic heterocycles. The lowest BCUT2D eigenvalue weighted by molar-refractivity contribution is -0.137. The molecule has 3 nitrogen and oxygen atoms in total. The van der Waals surface area contributed by atoms with E-state index in [-0.39, 0.29) is 5.97 Å². The number of ether oxygens (including phenoxy) is 1. The van der Waals surface area contributed by atoms with Crippen LogP contribution in [-0.2, 0) is 9.53 Å². The van der Waals surface area contributed by atoms with Crippen molar-refractivity contribution in [3.8, 4) is 0 Å². The minimum atomic E-state index is -0.365. The van der Waals surface area contributed by atoms with Crippen molar-refractivity contribution < 1.29 is 9.53 Å². The van der Waals surface area contributed by atoms with Crippen molar-refractivity contribution in [2.75, 3.05) is 6.61 Å². The number of fused-ring (bicyclic) bond motifs is 1. The highest BCUT2D eigenvalue weighted by molar-refractivity contribution is 6.31. The van der Waals surface area contributed by atoms with Gasteiger partial charge < -0.3 is 4.74 Å². The monoisotopic (exact) mass is 261 g/mol. The maximum Gasteiger partial charge on any atom is 0.330 e. The van der Waals surface area contributed by atoms with Gasteiger partial charge in [0, 0.05) is 16.5 Å². The standard InChI is InChI=1S/C14H12ClNO2/c1-2-18-14(17)8-6-12-5-3-10-9-11(15)4-7-13(10)16-12/h3-9H,2H2,1H3/b8-6+. The fourth-order valence-electron chi connectivity index (χ4n) is 1.55. The summed E-state index contributed by atoms with van der Waals surface area (Å²) in [5.74, 6) is -0.365. The third kappa shape index (κ3) is 3.08. The highest BCUT2D eigenvalue weighted by atomic mass is 35.5. The quantitative estimate of drug-likeness (QED) is 0.627. The molecule has 0 saturated heterocycles. The maximum atomic E-state index is 11.2. The molecule has 0 N–H and O–H groups in total. The second-order valence-electron chi connectivity index (χ2n) is 3.66. The first-order chi connectivity index (χ1) is 8.69. The molecule has 92 valence electrons. The fourth-order valence-corrected chi connectivity index (χ4v) is 1.73. The van der Waals surface area contributed by atoms with Gasteiger partial charge in [0.15, 0.2) is 0 Å². The topological polar surface area (TPSA) is 39.2 Å². The molecule has 0 fully saturated rings. The van der Waals surface area contributed by atoms with Crippen molar-refractivity contribution in [3.05, 3.63) is 47.1 Å². The lowest BCUT2D eigenvalue weighted by Gasteiger charge is -1.99. The number of nitrogens with zero attached hydrogens (tertiary/aromatic N) is 1. The van der Waals surface area contributed by atoms with Crippen LogP contribution < -0.4 is 0 Å². The van der Waals surface area contributed by atoms with Crippen LogP contribution in [0.15, 0.2) is 36.4 Å². The second-order valence-corrected chi connectivity index (χ2v) is 4.09. The first-order valence-corrected chi connectivity index (χ1v) is 5.98. The normalized spacial score (nSPS) is 11.0. The molecule has 18 heavy (non-hydrogen) atoms. The number of aromatic nitrogens is 1. The molecule has 0 bridgehead atoms. The first kappa shape index (κ1) is 12.6. The van der Waals surface area contributed by atoms with Crippen LogP contribution in [0.5, 0.6) is 0 Å². The Hall–Kier alpha value is -1.87. The van der Waals surface area contributed by atoms with Crippen molar-refractivity contribution in [1.82, 2.24) is 4.98 Å². The molecule has 1 aromatic carbocycles. The predicted molar refractivity (Wildman–Crippen MR) is 72.4 cm³/mol. The largest absolute Gasteiger partial charge is 0.463 e. The van der Waals surface area contributed by atoms with Gasteiger partial charge in [-0.15, -0.1) is 0 Å². The van der Waals surface area contributed by atoms with E-state index in [9.17, 15) is 4.79 Å². The molecular weight excluding hydrogens is 250 g/mol. The molecule has 0 spiro atoms. The van der Waals surface area contributed by atoms with Gasteiger partial charge in [-0.3, -0.25) is 0 Å². The molecule has 4 heteroatoms. The van der Waals surface area contributed by atoms with Crippen LogP contribution in [0.2, 0.25) is 5.02 Å². The number of hydrogen-bond acceptors (Lipinski definition) is 3. The number of halogens is 1. The van der Waals surface area contributed by atoms with Crippen LogP contribution in [0, 0.1) is 0 Å². The minimum Gasteiger partial charge on any atom is -0.463 e. The van der Waals surface area contributed by atoms with Crippen molar-refractivity contribution in [2.24, 2.45) is 0 Å². The average molecular weight is 262 g/mol. The van der Waals surface area contributed by atoms with Crippen LogP contribution in [0.4, 0.5) is 0 Å². The van der Waals surface area contributed by atoms with Crippen LogP contribution in [0.25, 0.3) is 17.0 Å². The highest BCUT2D eigenvalue weighted by Crippen LogP contribution is 2.18. The summed E-state index contributed by atoms with van der Waals surface area (Å²) >= 11 is 5.89. The smallest absolute Gasteiger partial charge is 0.330 e. The van der Waals surface area contributed by atoms with E-state index in [1.807, 2.05) is 24.3 Å². The first-order valence-electron chi connectivity index (χ1n) is 5.60. The summed E-state index contributed by atoms with van der Waals surface area (Å²) in [4.78, 5) is 15.6. The molecular formula is C14H12ClNO2. The zero-order valence-electron chi connectivity index (χ0n) is 9.89. The minimum absolute atomic E-state index is 0.365. The molecule has 0 aliphatic carbocycles. The summed E-state index contributed by atoms with van der Waals surface area (Å²) < 4.78 is 4.80.